The van der Waals surface area contributed by atoms with Gasteiger partial charge in [-0.25, -0.2) is 4.39 Å². The van der Waals surface area contributed by atoms with Crippen molar-refractivity contribution in [3.63, 3.8) is 0 Å². The van der Waals surface area contributed by atoms with Crippen molar-refractivity contribution < 1.29 is 13.9 Å². The van der Waals surface area contributed by atoms with Gasteiger partial charge in [-0.05, 0) is 24.6 Å². The molecule has 1 N–H and O–H groups in total. The van der Waals surface area contributed by atoms with Crippen LogP contribution in [0.4, 0.5) is 4.39 Å². The van der Waals surface area contributed by atoms with Gasteiger partial charge in [0.1, 0.15) is 11.6 Å². The van der Waals surface area contributed by atoms with Crippen LogP contribution in [0.15, 0.2) is 18.2 Å². The maximum atomic E-state index is 13.4. The number of halogens is 1. The number of nitrogens with one attached hydrogen (secondary N) is 1. The molecule has 1 aliphatic rings. The standard InChI is InChI=1S/C17H26FN3O2/c1-3-6-19-17(22)13-21-9-7-20(8-10-21)12-14-11-15(18)4-5-16(14)23-2/h4-5,11H,3,6-10,12-13H2,1-2H3,(H,19,22). The van der Waals surface area contributed by atoms with Crippen LogP contribution in [0.2, 0.25) is 0 Å². The lowest BCUT2D eigenvalue weighted by Gasteiger charge is -2.34. The van der Waals surface area contributed by atoms with Gasteiger partial charge in [-0.3, -0.25) is 14.6 Å². The Morgan fingerprint density at radius 2 is 1.96 bits per heavy atom. The molecule has 1 heterocycles. The van der Waals surface area contributed by atoms with Crippen LogP contribution < -0.4 is 10.1 Å². The zero-order chi connectivity index (χ0) is 16.7. The van der Waals surface area contributed by atoms with Gasteiger partial charge in [0.05, 0.1) is 13.7 Å². The number of methoxy groups -OCH3 is 1. The molecule has 0 saturated carbocycles. The Morgan fingerprint density at radius 1 is 1.26 bits per heavy atom. The second kappa shape index (κ2) is 8.84. The van der Waals surface area contributed by atoms with E-state index in [1.165, 1.54) is 12.1 Å². The van der Waals surface area contributed by atoms with E-state index in [9.17, 15) is 9.18 Å². The number of nitrogens with zero attached hydrogens (tertiary/aromatic N) is 2. The molecule has 6 heteroatoms. The SMILES string of the molecule is CCCNC(=O)CN1CCN(Cc2cc(F)ccc2OC)CC1. The predicted molar refractivity (Wildman–Crippen MR) is 88.0 cm³/mol. The summed E-state index contributed by atoms with van der Waals surface area (Å²) in [5.41, 5.74) is 0.863. The van der Waals surface area contributed by atoms with Gasteiger partial charge in [0.15, 0.2) is 0 Å². The van der Waals surface area contributed by atoms with E-state index in [2.05, 4.69) is 15.1 Å². The summed E-state index contributed by atoms with van der Waals surface area (Å²) in [6, 6.07) is 4.61. The largest absolute Gasteiger partial charge is 0.496 e. The highest BCUT2D eigenvalue weighted by atomic mass is 19.1. The van der Waals surface area contributed by atoms with Crippen LogP contribution in [0.1, 0.15) is 18.9 Å². The first-order chi connectivity index (χ1) is 11.1. The summed E-state index contributed by atoms with van der Waals surface area (Å²) in [4.78, 5) is 16.2. The average Bonchev–Trinajstić information content (AvgIpc) is 2.55. The molecular formula is C17H26FN3O2. The number of benzene rings is 1. The van der Waals surface area contributed by atoms with E-state index >= 15 is 0 Å². The summed E-state index contributed by atoms with van der Waals surface area (Å²) in [5.74, 6) is 0.562. The Morgan fingerprint density at radius 3 is 2.61 bits per heavy atom. The molecule has 0 aromatic heterocycles. The Labute approximate surface area is 137 Å². The number of amides is 1. The van der Waals surface area contributed by atoms with Crippen molar-refractivity contribution >= 4 is 5.91 Å². The van der Waals surface area contributed by atoms with Gasteiger partial charge in [0.25, 0.3) is 0 Å². The van der Waals surface area contributed by atoms with E-state index in [1.54, 1.807) is 13.2 Å². The Balaban J connectivity index is 1.81. The zero-order valence-electron chi connectivity index (χ0n) is 14.0. The predicted octanol–water partition coefficient (Wildman–Crippen LogP) is 1.48. The fourth-order valence-corrected chi connectivity index (χ4v) is 2.74. The summed E-state index contributed by atoms with van der Waals surface area (Å²) in [6.07, 6.45) is 0.953. The number of hydrogen-bond acceptors (Lipinski definition) is 4. The molecule has 1 aromatic carbocycles. The molecule has 1 aromatic rings. The van der Waals surface area contributed by atoms with Gasteiger partial charge in [-0.2, -0.15) is 0 Å². The number of carbonyl (C=O) groups excluding carboxylic acids is 1. The first-order valence-electron chi connectivity index (χ1n) is 8.16. The van der Waals surface area contributed by atoms with Crippen molar-refractivity contribution in [3.8, 4) is 5.75 Å². The summed E-state index contributed by atoms with van der Waals surface area (Å²) in [5, 5.41) is 2.90. The molecule has 1 amide bonds. The molecule has 5 nitrogen and oxygen atoms in total. The van der Waals surface area contributed by atoms with E-state index in [0.29, 0.717) is 18.8 Å². The lowest BCUT2D eigenvalue weighted by molar-refractivity contribution is -0.122. The van der Waals surface area contributed by atoms with E-state index < -0.39 is 0 Å². The highest BCUT2D eigenvalue weighted by Crippen LogP contribution is 2.21. The minimum Gasteiger partial charge on any atom is -0.496 e. The average molecular weight is 323 g/mol. The molecule has 0 bridgehead atoms. The summed E-state index contributed by atoms with van der Waals surface area (Å²) in [7, 11) is 1.60. The quantitative estimate of drug-likeness (QED) is 0.825. The summed E-state index contributed by atoms with van der Waals surface area (Å²) < 4.78 is 18.7. The fraction of sp³-hybridized carbons (Fsp3) is 0.588. The fourth-order valence-electron chi connectivity index (χ4n) is 2.74. The van der Waals surface area contributed by atoms with Crippen molar-refractivity contribution in [2.24, 2.45) is 0 Å². The lowest BCUT2D eigenvalue weighted by Crippen LogP contribution is -2.49. The lowest BCUT2D eigenvalue weighted by atomic mass is 10.1. The molecule has 1 saturated heterocycles. The van der Waals surface area contributed by atoms with Crippen LogP contribution in [-0.2, 0) is 11.3 Å². The molecule has 1 aliphatic heterocycles. The maximum Gasteiger partial charge on any atom is 0.234 e. The van der Waals surface area contributed by atoms with Crippen LogP contribution in [0.3, 0.4) is 0 Å². The van der Waals surface area contributed by atoms with Gasteiger partial charge in [0.2, 0.25) is 5.91 Å². The summed E-state index contributed by atoms with van der Waals surface area (Å²) in [6.45, 7) is 7.31. The third-order valence-electron chi connectivity index (χ3n) is 4.04. The monoisotopic (exact) mass is 323 g/mol. The minimum atomic E-state index is -0.243. The van der Waals surface area contributed by atoms with Crippen LogP contribution in [-0.4, -0.2) is 62.1 Å². The van der Waals surface area contributed by atoms with Gasteiger partial charge < -0.3 is 10.1 Å². The molecule has 128 valence electrons. The van der Waals surface area contributed by atoms with Crippen molar-refractivity contribution in [2.75, 3.05) is 46.4 Å². The first-order valence-corrected chi connectivity index (χ1v) is 8.16. The van der Waals surface area contributed by atoms with Crippen molar-refractivity contribution in [3.05, 3.63) is 29.6 Å². The van der Waals surface area contributed by atoms with Gasteiger partial charge in [0, 0.05) is 44.8 Å². The zero-order valence-corrected chi connectivity index (χ0v) is 14.0. The van der Waals surface area contributed by atoms with E-state index in [1.807, 2.05) is 6.92 Å². The molecular weight excluding hydrogens is 297 g/mol. The number of piperazine rings is 1. The molecule has 1 fully saturated rings. The van der Waals surface area contributed by atoms with Crippen LogP contribution >= 0.6 is 0 Å². The normalized spacial score (nSPS) is 16.3. The molecule has 0 spiro atoms. The number of rotatable bonds is 7. The second-order valence-corrected chi connectivity index (χ2v) is 5.86. The number of hydrogen-bond donors (Lipinski definition) is 1. The smallest absolute Gasteiger partial charge is 0.234 e. The number of carbonyl (C=O) groups is 1. The van der Waals surface area contributed by atoms with E-state index in [4.69, 9.17) is 4.74 Å². The Hall–Kier alpha value is -1.66. The Bertz CT molecular complexity index is 517. The van der Waals surface area contributed by atoms with Crippen molar-refractivity contribution in [1.82, 2.24) is 15.1 Å². The number of ether oxygens (including phenoxy) is 1. The second-order valence-electron chi connectivity index (χ2n) is 5.86. The van der Waals surface area contributed by atoms with Gasteiger partial charge in [-0.15, -0.1) is 0 Å². The van der Waals surface area contributed by atoms with Crippen LogP contribution in [0.25, 0.3) is 0 Å². The van der Waals surface area contributed by atoms with Crippen molar-refractivity contribution in [1.29, 1.82) is 0 Å². The van der Waals surface area contributed by atoms with E-state index in [-0.39, 0.29) is 11.7 Å². The molecule has 0 radical (unpaired) electrons. The maximum absolute atomic E-state index is 13.4. The summed E-state index contributed by atoms with van der Waals surface area (Å²) >= 11 is 0. The molecule has 0 atom stereocenters. The van der Waals surface area contributed by atoms with E-state index in [0.717, 1.165) is 44.7 Å². The van der Waals surface area contributed by atoms with Crippen molar-refractivity contribution in [2.45, 2.75) is 19.9 Å². The first kappa shape index (κ1) is 17.7. The highest BCUT2D eigenvalue weighted by Gasteiger charge is 2.20. The van der Waals surface area contributed by atoms with Crippen LogP contribution in [0, 0.1) is 5.82 Å². The molecule has 0 aliphatic carbocycles. The highest BCUT2D eigenvalue weighted by molar-refractivity contribution is 5.77. The van der Waals surface area contributed by atoms with Gasteiger partial charge in [-0.1, -0.05) is 6.92 Å². The van der Waals surface area contributed by atoms with Crippen LogP contribution in [0.5, 0.6) is 5.75 Å². The third kappa shape index (κ3) is 5.48. The minimum absolute atomic E-state index is 0.0899. The molecule has 0 unspecified atom stereocenters. The third-order valence-corrected chi connectivity index (χ3v) is 4.04. The topological polar surface area (TPSA) is 44.8 Å². The van der Waals surface area contributed by atoms with Gasteiger partial charge >= 0.3 is 0 Å². The molecule has 2 rings (SSSR count). The Kier molecular flexibility index (Phi) is 6.80. The molecule has 23 heavy (non-hydrogen) atoms.